The van der Waals surface area contributed by atoms with Gasteiger partial charge in [-0.15, -0.1) is 0 Å². The Labute approximate surface area is 114 Å². The van der Waals surface area contributed by atoms with Crippen LogP contribution in [-0.4, -0.2) is 12.1 Å². The standard InChI is InChI=1S/C16H19NO2/c1-3-4-5-6-7-13(2)19-16(18)15-10-8-14(12-17)9-11-15/h6-11,13H,3-5H2,1-2H3/b7-6+. The highest BCUT2D eigenvalue weighted by Gasteiger charge is 2.09. The maximum Gasteiger partial charge on any atom is 0.338 e. The van der Waals surface area contributed by atoms with Crippen LogP contribution < -0.4 is 0 Å². The largest absolute Gasteiger partial charge is 0.455 e. The van der Waals surface area contributed by atoms with Gasteiger partial charge in [-0.25, -0.2) is 4.79 Å². The molecule has 1 rings (SSSR count). The van der Waals surface area contributed by atoms with Crippen molar-refractivity contribution in [2.45, 2.75) is 39.2 Å². The Morgan fingerprint density at radius 2 is 2.11 bits per heavy atom. The van der Waals surface area contributed by atoms with E-state index in [2.05, 4.69) is 6.92 Å². The van der Waals surface area contributed by atoms with Crippen molar-refractivity contribution in [2.24, 2.45) is 0 Å². The summed E-state index contributed by atoms with van der Waals surface area (Å²) in [4.78, 5) is 11.8. The van der Waals surface area contributed by atoms with Gasteiger partial charge in [0.05, 0.1) is 17.2 Å². The summed E-state index contributed by atoms with van der Waals surface area (Å²) in [6.07, 6.45) is 7.02. The molecule has 0 radical (unpaired) electrons. The zero-order chi connectivity index (χ0) is 14.1. The van der Waals surface area contributed by atoms with Crippen molar-refractivity contribution in [3.8, 4) is 6.07 Å². The van der Waals surface area contributed by atoms with Gasteiger partial charge in [-0.1, -0.05) is 25.8 Å². The molecule has 3 nitrogen and oxygen atoms in total. The van der Waals surface area contributed by atoms with Crippen LogP contribution in [0.1, 0.15) is 49.0 Å². The molecule has 0 fully saturated rings. The van der Waals surface area contributed by atoms with Gasteiger partial charge in [0.1, 0.15) is 6.10 Å². The molecule has 19 heavy (non-hydrogen) atoms. The molecule has 0 saturated heterocycles. The third kappa shape index (κ3) is 5.39. The predicted octanol–water partition coefficient (Wildman–Crippen LogP) is 3.85. The van der Waals surface area contributed by atoms with Crippen LogP contribution in [-0.2, 0) is 4.74 Å². The van der Waals surface area contributed by atoms with Crippen molar-refractivity contribution in [3.63, 3.8) is 0 Å². The summed E-state index contributed by atoms with van der Waals surface area (Å²) in [7, 11) is 0. The van der Waals surface area contributed by atoms with Crippen molar-refractivity contribution in [1.82, 2.24) is 0 Å². The molecule has 0 N–H and O–H groups in total. The molecule has 0 bridgehead atoms. The van der Waals surface area contributed by atoms with Crippen molar-refractivity contribution < 1.29 is 9.53 Å². The second kappa shape index (κ2) is 8.10. The number of hydrogen-bond donors (Lipinski definition) is 0. The summed E-state index contributed by atoms with van der Waals surface area (Å²) in [6, 6.07) is 8.44. The van der Waals surface area contributed by atoms with Crippen LogP contribution in [0.25, 0.3) is 0 Å². The highest BCUT2D eigenvalue weighted by molar-refractivity contribution is 5.89. The first-order valence-corrected chi connectivity index (χ1v) is 6.55. The third-order valence-electron chi connectivity index (χ3n) is 2.67. The molecular formula is C16H19NO2. The van der Waals surface area contributed by atoms with Gasteiger partial charge in [0.15, 0.2) is 0 Å². The second-order valence-corrected chi connectivity index (χ2v) is 4.37. The molecule has 0 aromatic heterocycles. The summed E-state index contributed by atoms with van der Waals surface area (Å²) in [5.74, 6) is -0.364. The van der Waals surface area contributed by atoms with E-state index in [0.29, 0.717) is 11.1 Å². The molecular weight excluding hydrogens is 238 g/mol. The monoisotopic (exact) mass is 257 g/mol. The highest BCUT2D eigenvalue weighted by atomic mass is 16.5. The Morgan fingerprint density at radius 1 is 1.42 bits per heavy atom. The molecule has 0 heterocycles. The van der Waals surface area contributed by atoms with Gasteiger partial charge in [-0.2, -0.15) is 5.26 Å². The molecule has 0 aliphatic heterocycles. The number of carbonyl (C=O) groups is 1. The fourth-order valence-corrected chi connectivity index (χ4v) is 1.57. The second-order valence-electron chi connectivity index (χ2n) is 4.37. The molecule has 1 aromatic carbocycles. The van der Waals surface area contributed by atoms with Crippen LogP contribution in [0, 0.1) is 11.3 Å². The first-order valence-electron chi connectivity index (χ1n) is 6.55. The number of benzene rings is 1. The molecule has 0 saturated carbocycles. The zero-order valence-corrected chi connectivity index (χ0v) is 11.4. The molecule has 0 spiro atoms. The Hall–Kier alpha value is -2.08. The van der Waals surface area contributed by atoms with Crippen LogP contribution >= 0.6 is 0 Å². The van der Waals surface area contributed by atoms with Crippen molar-refractivity contribution >= 4 is 5.97 Å². The Morgan fingerprint density at radius 3 is 2.68 bits per heavy atom. The number of rotatable bonds is 6. The topological polar surface area (TPSA) is 50.1 Å². The number of unbranched alkanes of at least 4 members (excludes halogenated alkanes) is 2. The average molecular weight is 257 g/mol. The molecule has 3 heteroatoms. The number of hydrogen-bond acceptors (Lipinski definition) is 3. The highest BCUT2D eigenvalue weighted by Crippen LogP contribution is 2.07. The fraction of sp³-hybridized carbons (Fsp3) is 0.375. The van der Waals surface area contributed by atoms with E-state index >= 15 is 0 Å². The van der Waals surface area contributed by atoms with E-state index in [1.807, 2.05) is 25.1 Å². The Kier molecular flexibility index (Phi) is 6.38. The predicted molar refractivity (Wildman–Crippen MR) is 74.7 cm³/mol. The number of allylic oxidation sites excluding steroid dienone is 1. The van der Waals surface area contributed by atoms with E-state index in [4.69, 9.17) is 10.00 Å². The van der Waals surface area contributed by atoms with E-state index in [-0.39, 0.29) is 12.1 Å². The van der Waals surface area contributed by atoms with Crippen molar-refractivity contribution in [3.05, 3.63) is 47.5 Å². The number of ether oxygens (including phenoxy) is 1. The lowest BCUT2D eigenvalue weighted by Gasteiger charge is -2.09. The normalized spacial score (nSPS) is 12.1. The minimum Gasteiger partial charge on any atom is -0.455 e. The van der Waals surface area contributed by atoms with E-state index in [9.17, 15) is 4.79 Å². The zero-order valence-electron chi connectivity index (χ0n) is 11.4. The summed E-state index contributed by atoms with van der Waals surface area (Å²) >= 11 is 0. The Balaban J connectivity index is 2.49. The maximum atomic E-state index is 11.8. The fourth-order valence-electron chi connectivity index (χ4n) is 1.57. The van der Waals surface area contributed by atoms with Crippen molar-refractivity contribution in [2.75, 3.05) is 0 Å². The summed E-state index contributed by atoms with van der Waals surface area (Å²) < 4.78 is 5.28. The minimum atomic E-state index is -0.364. The molecule has 100 valence electrons. The van der Waals surface area contributed by atoms with E-state index in [1.165, 1.54) is 0 Å². The molecule has 0 aliphatic rings. The van der Waals surface area contributed by atoms with Gasteiger partial charge < -0.3 is 4.74 Å². The van der Waals surface area contributed by atoms with Gasteiger partial charge in [-0.05, 0) is 43.7 Å². The van der Waals surface area contributed by atoms with Gasteiger partial charge >= 0.3 is 5.97 Å². The van der Waals surface area contributed by atoms with Crippen LogP contribution in [0.4, 0.5) is 0 Å². The number of carbonyl (C=O) groups excluding carboxylic acids is 1. The number of nitriles is 1. The smallest absolute Gasteiger partial charge is 0.338 e. The minimum absolute atomic E-state index is 0.236. The molecule has 1 unspecified atom stereocenters. The SMILES string of the molecule is CCCC/C=C/C(C)OC(=O)c1ccc(C#N)cc1. The molecule has 0 amide bonds. The first kappa shape index (κ1) is 15.0. The number of nitrogens with zero attached hydrogens (tertiary/aromatic N) is 1. The maximum absolute atomic E-state index is 11.8. The lowest BCUT2D eigenvalue weighted by molar-refractivity contribution is 0.0424. The average Bonchev–Trinajstić information content (AvgIpc) is 2.43. The lowest BCUT2D eigenvalue weighted by atomic mass is 10.1. The van der Waals surface area contributed by atoms with Crippen LogP contribution in [0.5, 0.6) is 0 Å². The quantitative estimate of drug-likeness (QED) is 0.442. The number of esters is 1. The van der Waals surface area contributed by atoms with E-state index in [1.54, 1.807) is 24.3 Å². The molecule has 1 aromatic rings. The van der Waals surface area contributed by atoms with Gasteiger partial charge in [-0.3, -0.25) is 0 Å². The molecule has 1 atom stereocenters. The van der Waals surface area contributed by atoms with Crippen LogP contribution in [0.2, 0.25) is 0 Å². The summed E-state index contributed by atoms with van der Waals surface area (Å²) in [6.45, 7) is 3.98. The lowest BCUT2D eigenvalue weighted by Crippen LogP contribution is -2.12. The van der Waals surface area contributed by atoms with Crippen LogP contribution in [0.15, 0.2) is 36.4 Å². The summed E-state index contributed by atoms with van der Waals surface area (Å²) in [5.41, 5.74) is 0.997. The Bertz CT molecular complexity index is 469. The van der Waals surface area contributed by atoms with E-state index < -0.39 is 0 Å². The first-order chi connectivity index (χ1) is 9.17. The van der Waals surface area contributed by atoms with Gasteiger partial charge in [0, 0.05) is 0 Å². The van der Waals surface area contributed by atoms with Crippen LogP contribution in [0.3, 0.4) is 0 Å². The summed E-state index contributed by atoms with van der Waals surface area (Å²) in [5, 5.41) is 8.68. The molecule has 0 aliphatic carbocycles. The van der Waals surface area contributed by atoms with E-state index in [0.717, 1.165) is 19.3 Å². The van der Waals surface area contributed by atoms with Crippen molar-refractivity contribution in [1.29, 1.82) is 5.26 Å². The van der Waals surface area contributed by atoms with Gasteiger partial charge in [0.2, 0.25) is 0 Å². The van der Waals surface area contributed by atoms with Gasteiger partial charge in [0.25, 0.3) is 0 Å². The third-order valence-corrected chi connectivity index (χ3v) is 2.67.